The van der Waals surface area contributed by atoms with E-state index in [1.807, 2.05) is 0 Å². The Balaban J connectivity index is 0.928. The molecule has 3 fully saturated rings. The molecule has 15 heteroatoms. The van der Waals surface area contributed by atoms with Gasteiger partial charge in [0, 0.05) is 46.1 Å². The summed E-state index contributed by atoms with van der Waals surface area (Å²) in [5.74, 6) is 0.0236. The van der Waals surface area contributed by atoms with E-state index in [-0.39, 0.29) is 53.0 Å². The molecule has 8 rings (SSSR count). The summed E-state index contributed by atoms with van der Waals surface area (Å²) < 4.78 is 44.4. The van der Waals surface area contributed by atoms with Crippen LogP contribution in [0.1, 0.15) is 42.3 Å². The third kappa shape index (κ3) is 4.39. The lowest BCUT2D eigenvalue weighted by molar-refractivity contribution is -0.118. The number of ether oxygens (including phenoxy) is 2. The van der Waals surface area contributed by atoms with Crippen molar-refractivity contribution >= 4 is 34.7 Å². The Morgan fingerprint density at radius 1 is 1.14 bits per heavy atom. The number of fused-ring (bicyclic) bond motifs is 3. The van der Waals surface area contributed by atoms with Crippen molar-refractivity contribution in [3.63, 3.8) is 0 Å². The van der Waals surface area contributed by atoms with Gasteiger partial charge in [0.2, 0.25) is 0 Å². The fourth-order valence-corrected chi connectivity index (χ4v) is 7.46. The minimum absolute atomic E-state index is 0.0497. The number of aliphatic hydroxyl groups excluding tert-OH is 1. The van der Waals surface area contributed by atoms with Crippen LogP contribution in [0.15, 0.2) is 6.20 Å². The van der Waals surface area contributed by atoms with Crippen LogP contribution in [0.4, 0.5) is 25.2 Å². The monoisotopic (exact) mass is 610 g/mol. The Hall–Kier alpha value is -3.95. The van der Waals surface area contributed by atoms with Gasteiger partial charge in [0.05, 0.1) is 24.9 Å². The first-order chi connectivity index (χ1) is 21.2. The summed E-state index contributed by atoms with van der Waals surface area (Å²) in [6.45, 7) is 2.62. The first-order valence-electron chi connectivity index (χ1n) is 15.0. The van der Waals surface area contributed by atoms with Crippen molar-refractivity contribution < 1.29 is 33.0 Å². The highest BCUT2D eigenvalue weighted by Gasteiger charge is 2.48. The van der Waals surface area contributed by atoms with Gasteiger partial charge in [-0.2, -0.15) is 0 Å². The number of aliphatic hydroxyl groups is 1. The molecular formula is C29H32F2N8O5. The number of hydrogen-bond acceptors (Lipinski definition) is 10. The molecule has 1 aromatic carbocycles. The second-order valence-electron chi connectivity index (χ2n) is 12.6. The number of aryl methyl sites for hydroxylation is 1. The zero-order valence-corrected chi connectivity index (χ0v) is 24.1. The summed E-state index contributed by atoms with van der Waals surface area (Å²) in [5.41, 5.74) is 0.383. The van der Waals surface area contributed by atoms with E-state index in [4.69, 9.17) is 9.47 Å². The number of rotatable bonds is 4. The van der Waals surface area contributed by atoms with Crippen molar-refractivity contribution in [1.82, 2.24) is 29.7 Å². The van der Waals surface area contributed by atoms with Gasteiger partial charge in [-0.15, -0.1) is 0 Å². The van der Waals surface area contributed by atoms with Gasteiger partial charge in [-0.05, 0) is 36.3 Å². The highest BCUT2D eigenvalue weighted by Crippen LogP contribution is 2.40. The van der Waals surface area contributed by atoms with Crippen molar-refractivity contribution in [2.45, 2.75) is 49.9 Å². The number of amides is 2. The number of carbonyl (C=O) groups is 2. The maximum atomic E-state index is 15.9. The van der Waals surface area contributed by atoms with Crippen molar-refractivity contribution in [3.8, 4) is 5.88 Å². The predicted octanol–water partition coefficient (Wildman–Crippen LogP) is 1.57. The van der Waals surface area contributed by atoms with E-state index < -0.39 is 29.4 Å². The number of aromatic nitrogens is 4. The van der Waals surface area contributed by atoms with Crippen LogP contribution in [0.5, 0.6) is 5.88 Å². The summed E-state index contributed by atoms with van der Waals surface area (Å²) in [7, 11) is 1.70. The Morgan fingerprint density at radius 2 is 1.91 bits per heavy atom. The Bertz CT molecular complexity index is 1710. The molecule has 5 aliphatic rings. The number of nitrogens with one attached hydrogen (secondary N) is 2. The highest BCUT2D eigenvalue weighted by atomic mass is 19.1. The number of hydrogen-bond donors (Lipinski definition) is 3. The van der Waals surface area contributed by atoms with Crippen molar-refractivity contribution in [2.24, 2.45) is 13.0 Å². The normalized spacial score (nSPS) is 26.2. The molecule has 13 nitrogen and oxygen atoms in total. The third-order valence-corrected chi connectivity index (χ3v) is 9.70. The lowest BCUT2D eigenvalue weighted by Crippen LogP contribution is -2.48. The van der Waals surface area contributed by atoms with E-state index in [1.165, 1.54) is 11.1 Å². The number of likely N-dealkylation sites (tertiary alicyclic amines) is 1. The van der Waals surface area contributed by atoms with Crippen LogP contribution in [0.2, 0.25) is 0 Å². The molecule has 4 aliphatic heterocycles. The van der Waals surface area contributed by atoms with Crippen molar-refractivity contribution in [3.05, 3.63) is 34.8 Å². The topological polar surface area (TPSA) is 147 Å². The van der Waals surface area contributed by atoms with Gasteiger partial charge in [0.1, 0.15) is 22.5 Å². The largest absolute Gasteiger partial charge is 0.465 e. The summed E-state index contributed by atoms with van der Waals surface area (Å²) in [5, 5.41) is 15.7. The first-order valence-corrected chi connectivity index (χ1v) is 15.0. The standard InChI is InChI=1S/C29H32F2N8O5/c1-37-24-22(31)17-7-14(6-16(17)21(30)23(24)36-26(37)18-8-15(40)9-32-18)11-38-4-2-29(3-5-38)13-39(28(42)44-29)19-10-33-27-25(34-19)35-20(41)12-43-27/h10,14-15,18,32,40H,2-9,11-13H2,1H3,(H,34,35,41)/t14?,15-,18+/m1/s1. The van der Waals surface area contributed by atoms with E-state index in [0.717, 1.165) is 0 Å². The smallest absolute Gasteiger partial charge is 0.416 e. The van der Waals surface area contributed by atoms with Crippen LogP contribution in [-0.2, 0) is 29.4 Å². The molecular weight excluding hydrogens is 578 g/mol. The number of piperidine rings is 1. The molecule has 1 unspecified atom stereocenters. The summed E-state index contributed by atoms with van der Waals surface area (Å²) in [6, 6.07) is -0.249. The molecule has 3 saturated heterocycles. The van der Waals surface area contributed by atoms with Crippen LogP contribution in [0.3, 0.4) is 0 Å². The van der Waals surface area contributed by atoms with Crippen LogP contribution >= 0.6 is 0 Å². The predicted molar refractivity (Wildman–Crippen MR) is 151 cm³/mol. The van der Waals surface area contributed by atoms with Gasteiger partial charge in [-0.3, -0.25) is 9.69 Å². The van der Waals surface area contributed by atoms with Crippen molar-refractivity contribution in [1.29, 1.82) is 0 Å². The molecule has 2 aromatic heterocycles. The molecule has 3 N–H and O–H groups in total. The van der Waals surface area contributed by atoms with Gasteiger partial charge >= 0.3 is 6.09 Å². The zero-order valence-electron chi connectivity index (χ0n) is 24.1. The number of anilines is 2. The second kappa shape index (κ2) is 10.0. The molecule has 1 spiro atoms. The Labute approximate surface area is 250 Å². The average molecular weight is 611 g/mol. The molecule has 3 atom stereocenters. The number of imidazole rings is 1. The lowest BCUT2D eigenvalue weighted by Gasteiger charge is -2.38. The molecule has 0 radical (unpaired) electrons. The summed E-state index contributed by atoms with van der Waals surface area (Å²) in [4.78, 5) is 41.3. The quantitative estimate of drug-likeness (QED) is 0.398. The van der Waals surface area contributed by atoms with Crippen LogP contribution in [0, 0.1) is 17.6 Å². The van der Waals surface area contributed by atoms with Crippen LogP contribution in [-0.4, -0.2) is 92.6 Å². The third-order valence-electron chi connectivity index (χ3n) is 9.70. The summed E-state index contributed by atoms with van der Waals surface area (Å²) >= 11 is 0. The molecule has 0 bridgehead atoms. The minimum atomic E-state index is -0.674. The maximum Gasteiger partial charge on any atom is 0.416 e. The molecule has 0 saturated carbocycles. The fourth-order valence-electron chi connectivity index (χ4n) is 7.46. The van der Waals surface area contributed by atoms with Crippen LogP contribution in [0.25, 0.3) is 11.0 Å². The fraction of sp³-hybridized carbons (Fsp3) is 0.552. The summed E-state index contributed by atoms with van der Waals surface area (Å²) in [6.07, 6.45) is 2.95. The van der Waals surface area contributed by atoms with Gasteiger partial charge in [0.25, 0.3) is 11.8 Å². The number of β-amino-alcohol motifs (C(OH)–C–C–N with tert-alkyl or cyclic N) is 1. The maximum absolute atomic E-state index is 15.9. The molecule has 44 heavy (non-hydrogen) atoms. The van der Waals surface area contributed by atoms with Gasteiger partial charge in [-0.1, -0.05) is 0 Å². The van der Waals surface area contributed by atoms with E-state index in [1.54, 1.807) is 11.6 Å². The van der Waals surface area contributed by atoms with E-state index >= 15 is 8.78 Å². The van der Waals surface area contributed by atoms with Gasteiger partial charge < -0.3 is 34.7 Å². The SMILES string of the molecule is Cn1c([C@@H]2C[C@@H](O)CN2)nc2c(F)c3c(c(F)c21)CC(CN1CCC2(CC1)CN(c1cnc4c(n1)NC(=O)CO4)C(=O)O2)C3. The average Bonchev–Trinajstić information content (AvgIpc) is 3.78. The number of benzene rings is 1. The molecule has 232 valence electrons. The number of carbonyl (C=O) groups excluding carboxylic acids is 2. The van der Waals surface area contributed by atoms with Crippen LogP contribution < -0.4 is 20.3 Å². The molecule has 6 heterocycles. The van der Waals surface area contributed by atoms with E-state index in [9.17, 15) is 14.7 Å². The lowest BCUT2D eigenvalue weighted by atomic mass is 9.90. The van der Waals surface area contributed by atoms with E-state index in [0.29, 0.717) is 81.8 Å². The number of halogens is 2. The molecule has 2 amide bonds. The molecule has 3 aromatic rings. The van der Waals surface area contributed by atoms with Crippen molar-refractivity contribution in [2.75, 3.05) is 49.5 Å². The van der Waals surface area contributed by atoms with E-state index in [2.05, 4.69) is 30.5 Å². The van der Waals surface area contributed by atoms with Gasteiger partial charge in [-0.25, -0.2) is 28.5 Å². The Kier molecular flexibility index (Phi) is 6.29. The Morgan fingerprint density at radius 3 is 2.66 bits per heavy atom. The highest BCUT2D eigenvalue weighted by molar-refractivity contribution is 5.95. The minimum Gasteiger partial charge on any atom is -0.465 e. The second-order valence-corrected chi connectivity index (χ2v) is 12.6. The number of nitrogens with zero attached hydrogens (tertiary/aromatic N) is 6. The molecule has 1 aliphatic carbocycles. The van der Waals surface area contributed by atoms with Gasteiger partial charge in [0.15, 0.2) is 29.9 Å². The first kappa shape index (κ1) is 27.6. The zero-order chi connectivity index (χ0) is 30.3.